The maximum atomic E-state index is 11.8. The van der Waals surface area contributed by atoms with Crippen LogP contribution in [0.2, 0.25) is 0 Å². The van der Waals surface area contributed by atoms with Gasteiger partial charge in [0.15, 0.2) is 5.82 Å². The van der Waals surface area contributed by atoms with E-state index in [1.807, 2.05) is 11.3 Å². The number of thiophene rings is 1. The molecule has 7 heteroatoms. The van der Waals surface area contributed by atoms with Gasteiger partial charge in [0.2, 0.25) is 0 Å². The van der Waals surface area contributed by atoms with Crippen LogP contribution in [0.1, 0.15) is 23.1 Å². The zero-order valence-corrected chi connectivity index (χ0v) is 13.6. The van der Waals surface area contributed by atoms with E-state index >= 15 is 0 Å². The lowest BCUT2D eigenvalue weighted by molar-refractivity contribution is 0.188. The summed E-state index contributed by atoms with van der Waals surface area (Å²) < 4.78 is 4.91. The molecular weight excluding hydrogens is 300 g/mol. The maximum absolute atomic E-state index is 11.8. The van der Waals surface area contributed by atoms with Crippen LogP contribution in [0.4, 0.5) is 10.6 Å². The molecular formula is C15H20N4O2S. The summed E-state index contributed by atoms with van der Waals surface area (Å²) in [4.78, 5) is 15.7. The van der Waals surface area contributed by atoms with Crippen molar-refractivity contribution in [3.63, 3.8) is 0 Å². The number of carbonyl (C=O) groups excluding carboxylic acids is 1. The van der Waals surface area contributed by atoms with Crippen molar-refractivity contribution in [3.05, 3.63) is 33.7 Å². The highest BCUT2D eigenvalue weighted by Gasteiger charge is 2.21. The van der Waals surface area contributed by atoms with Crippen LogP contribution in [-0.4, -0.2) is 35.2 Å². The van der Waals surface area contributed by atoms with E-state index in [-0.39, 0.29) is 12.1 Å². The van der Waals surface area contributed by atoms with Crippen molar-refractivity contribution in [2.24, 2.45) is 0 Å². The Bertz CT molecular complexity index is 652. The fourth-order valence-corrected chi connectivity index (χ4v) is 3.49. The molecule has 2 amide bonds. The number of urea groups is 1. The number of fused-ring (bicyclic) bond motifs is 1. The minimum Gasteiger partial charge on any atom is -0.360 e. The second-order valence-electron chi connectivity index (χ2n) is 5.60. The van der Waals surface area contributed by atoms with Crippen molar-refractivity contribution in [1.82, 2.24) is 15.4 Å². The molecule has 0 aliphatic carbocycles. The average Bonchev–Trinajstić information content (AvgIpc) is 3.12. The molecule has 0 fully saturated rings. The number of nitrogens with zero attached hydrogens (tertiary/aromatic N) is 2. The topological polar surface area (TPSA) is 70.4 Å². The molecule has 2 aromatic rings. The lowest BCUT2D eigenvalue weighted by atomic mass is 10.1. The predicted molar refractivity (Wildman–Crippen MR) is 86.2 cm³/mol. The van der Waals surface area contributed by atoms with E-state index in [0.29, 0.717) is 18.1 Å². The summed E-state index contributed by atoms with van der Waals surface area (Å²) in [5.41, 5.74) is 1.42. The number of amides is 2. The number of carbonyl (C=O) groups is 1. The lowest BCUT2D eigenvalue weighted by Crippen LogP contribution is -2.45. The van der Waals surface area contributed by atoms with Crippen LogP contribution >= 0.6 is 11.3 Å². The van der Waals surface area contributed by atoms with Gasteiger partial charge in [-0.1, -0.05) is 5.16 Å². The Kier molecular flexibility index (Phi) is 4.44. The summed E-state index contributed by atoms with van der Waals surface area (Å²) in [5, 5.41) is 11.4. The molecule has 2 N–H and O–H groups in total. The molecule has 0 unspecified atom stereocenters. The second-order valence-corrected chi connectivity index (χ2v) is 6.60. The van der Waals surface area contributed by atoms with E-state index < -0.39 is 0 Å². The minimum absolute atomic E-state index is 0.256. The first-order chi connectivity index (χ1) is 10.6. The average molecular weight is 320 g/mol. The van der Waals surface area contributed by atoms with Gasteiger partial charge in [0.25, 0.3) is 0 Å². The summed E-state index contributed by atoms with van der Waals surface area (Å²) in [7, 11) is 0. The number of hydrogen-bond acceptors (Lipinski definition) is 5. The number of hydrogen-bond donors (Lipinski definition) is 2. The maximum Gasteiger partial charge on any atom is 0.320 e. The minimum atomic E-state index is -0.256. The largest absolute Gasteiger partial charge is 0.360 e. The first kappa shape index (κ1) is 15.1. The standard InChI is InChI=1S/C15H20N4O2S/c1-10(19-5-3-13-12(9-19)4-6-22-13)8-16-15(20)17-14-7-11(2)21-18-14/h4,6-7,10H,3,5,8-9H2,1-2H3,(H2,16,17,18,20)/t10-/m1/s1. The highest BCUT2D eigenvalue weighted by molar-refractivity contribution is 7.10. The van der Waals surface area contributed by atoms with Crippen LogP contribution in [-0.2, 0) is 13.0 Å². The van der Waals surface area contributed by atoms with Crippen molar-refractivity contribution >= 4 is 23.2 Å². The Labute approximate surface area is 133 Å². The molecule has 22 heavy (non-hydrogen) atoms. The van der Waals surface area contributed by atoms with Gasteiger partial charge in [-0.15, -0.1) is 11.3 Å². The number of nitrogens with one attached hydrogen (secondary N) is 2. The van der Waals surface area contributed by atoms with Gasteiger partial charge in [0.1, 0.15) is 5.76 Å². The molecule has 0 spiro atoms. The van der Waals surface area contributed by atoms with Crippen LogP contribution in [0.3, 0.4) is 0 Å². The smallest absolute Gasteiger partial charge is 0.320 e. The normalized spacial score (nSPS) is 16.1. The number of rotatable bonds is 4. The molecule has 1 atom stereocenters. The highest BCUT2D eigenvalue weighted by Crippen LogP contribution is 2.24. The van der Waals surface area contributed by atoms with Crippen molar-refractivity contribution in [3.8, 4) is 0 Å². The SMILES string of the molecule is Cc1cc(NC(=O)NC[C@@H](C)N2CCc3sccc3C2)no1. The number of anilines is 1. The summed E-state index contributed by atoms with van der Waals surface area (Å²) in [5.74, 6) is 1.10. The molecule has 2 aromatic heterocycles. The molecule has 3 heterocycles. The van der Waals surface area contributed by atoms with Gasteiger partial charge in [-0.2, -0.15) is 0 Å². The number of aryl methyl sites for hydroxylation is 1. The zero-order chi connectivity index (χ0) is 15.5. The van der Waals surface area contributed by atoms with Crippen LogP contribution in [0.5, 0.6) is 0 Å². The highest BCUT2D eigenvalue weighted by atomic mass is 32.1. The fourth-order valence-electron chi connectivity index (χ4n) is 2.60. The Morgan fingerprint density at radius 3 is 3.23 bits per heavy atom. The molecule has 0 radical (unpaired) electrons. The third-order valence-corrected chi connectivity index (χ3v) is 4.91. The van der Waals surface area contributed by atoms with Crippen LogP contribution < -0.4 is 10.6 Å². The fraction of sp³-hybridized carbons (Fsp3) is 0.467. The van der Waals surface area contributed by atoms with Crippen molar-refractivity contribution in [1.29, 1.82) is 0 Å². The van der Waals surface area contributed by atoms with Crippen LogP contribution in [0, 0.1) is 6.92 Å². The van der Waals surface area contributed by atoms with Crippen molar-refractivity contribution in [2.45, 2.75) is 32.9 Å². The van der Waals surface area contributed by atoms with Gasteiger partial charge in [0.05, 0.1) is 0 Å². The summed E-state index contributed by atoms with van der Waals surface area (Å²) in [6.45, 7) is 6.53. The third kappa shape index (κ3) is 3.48. The Balaban J connectivity index is 1.46. The van der Waals surface area contributed by atoms with Crippen LogP contribution in [0.15, 0.2) is 22.0 Å². The van der Waals surface area contributed by atoms with Gasteiger partial charge >= 0.3 is 6.03 Å². The van der Waals surface area contributed by atoms with E-state index in [9.17, 15) is 4.79 Å². The zero-order valence-electron chi connectivity index (χ0n) is 12.8. The van der Waals surface area contributed by atoms with E-state index in [1.54, 1.807) is 13.0 Å². The van der Waals surface area contributed by atoms with Gasteiger partial charge in [0, 0.05) is 36.6 Å². The van der Waals surface area contributed by atoms with Gasteiger partial charge in [-0.3, -0.25) is 10.2 Å². The quantitative estimate of drug-likeness (QED) is 0.908. The van der Waals surface area contributed by atoms with Gasteiger partial charge in [-0.05, 0) is 37.3 Å². The molecule has 0 saturated carbocycles. The predicted octanol–water partition coefficient (Wildman–Crippen LogP) is 2.61. The molecule has 0 aromatic carbocycles. The summed E-state index contributed by atoms with van der Waals surface area (Å²) in [6, 6.07) is 3.92. The molecule has 0 saturated heterocycles. The van der Waals surface area contributed by atoms with Gasteiger partial charge in [-0.25, -0.2) is 4.79 Å². The summed E-state index contributed by atoms with van der Waals surface area (Å²) >= 11 is 1.84. The second kappa shape index (κ2) is 6.50. The van der Waals surface area contributed by atoms with Crippen molar-refractivity contribution in [2.75, 3.05) is 18.4 Å². The molecule has 118 valence electrons. The lowest BCUT2D eigenvalue weighted by Gasteiger charge is -2.32. The van der Waals surface area contributed by atoms with E-state index in [1.165, 1.54) is 10.4 Å². The third-order valence-electron chi connectivity index (χ3n) is 3.89. The van der Waals surface area contributed by atoms with Gasteiger partial charge < -0.3 is 9.84 Å². The molecule has 6 nitrogen and oxygen atoms in total. The molecule has 3 rings (SSSR count). The van der Waals surface area contributed by atoms with E-state index in [0.717, 1.165) is 19.5 Å². The van der Waals surface area contributed by atoms with Crippen LogP contribution in [0.25, 0.3) is 0 Å². The molecule has 1 aliphatic heterocycles. The van der Waals surface area contributed by atoms with E-state index in [4.69, 9.17) is 4.52 Å². The van der Waals surface area contributed by atoms with E-state index in [2.05, 4.69) is 39.1 Å². The number of aromatic nitrogens is 1. The van der Waals surface area contributed by atoms with Crippen molar-refractivity contribution < 1.29 is 9.32 Å². The Hall–Kier alpha value is -1.86. The Morgan fingerprint density at radius 1 is 1.59 bits per heavy atom. The molecule has 0 bridgehead atoms. The monoisotopic (exact) mass is 320 g/mol. The Morgan fingerprint density at radius 2 is 2.45 bits per heavy atom. The summed E-state index contributed by atoms with van der Waals surface area (Å²) in [6.07, 6.45) is 1.10. The molecule has 1 aliphatic rings. The first-order valence-electron chi connectivity index (χ1n) is 7.39. The first-order valence-corrected chi connectivity index (χ1v) is 8.27.